The molecule has 1 saturated heterocycles. The van der Waals surface area contributed by atoms with E-state index in [0.717, 1.165) is 45.2 Å². The summed E-state index contributed by atoms with van der Waals surface area (Å²) in [4.78, 5) is 14.5. The molecule has 18 heavy (non-hydrogen) atoms. The van der Waals surface area contributed by atoms with Crippen LogP contribution in [-0.2, 0) is 9.53 Å². The third kappa shape index (κ3) is 3.04. The van der Waals surface area contributed by atoms with Gasteiger partial charge < -0.3 is 15.4 Å². The summed E-state index contributed by atoms with van der Waals surface area (Å²) in [6, 6.07) is 0.285. The van der Waals surface area contributed by atoms with Crippen molar-refractivity contribution in [1.29, 1.82) is 0 Å². The van der Waals surface area contributed by atoms with Crippen LogP contribution in [0.1, 0.15) is 39.0 Å². The molecule has 4 nitrogen and oxygen atoms in total. The fraction of sp³-hybridized carbons (Fsp3) is 0.929. The van der Waals surface area contributed by atoms with E-state index in [4.69, 9.17) is 10.5 Å². The van der Waals surface area contributed by atoms with Gasteiger partial charge >= 0.3 is 0 Å². The van der Waals surface area contributed by atoms with Crippen molar-refractivity contribution in [3.05, 3.63) is 0 Å². The van der Waals surface area contributed by atoms with Crippen molar-refractivity contribution in [3.8, 4) is 0 Å². The Hall–Kier alpha value is -0.610. The molecule has 3 unspecified atom stereocenters. The van der Waals surface area contributed by atoms with Gasteiger partial charge in [-0.25, -0.2) is 0 Å². The van der Waals surface area contributed by atoms with E-state index >= 15 is 0 Å². The highest BCUT2D eigenvalue weighted by Gasteiger charge is 2.33. The smallest absolute Gasteiger partial charge is 0.225 e. The number of rotatable bonds is 2. The largest absolute Gasteiger partial charge is 0.381 e. The Morgan fingerprint density at radius 3 is 2.44 bits per heavy atom. The predicted molar refractivity (Wildman–Crippen MR) is 71.1 cm³/mol. The quantitative estimate of drug-likeness (QED) is 0.810. The van der Waals surface area contributed by atoms with Gasteiger partial charge in [-0.1, -0.05) is 6.92 Å². The Balaban J connectivity index is 1.84. The van der Waals surface area contributed by atoms with E-state index in [1.54, 1.807) is 7.11 Å². The van der Waals surface area contributed by atoms with Gasteiger partial charge in [-0.3, -0.25) is 4.79 Å². The minimum Gasteiger partial charge on any atom is -0.381 e. The number of nitrogens with zero attached hydrogens (tertiary/aromatic N) is 1. The maximum absolute atomic E-state index is 12.4. The molecular formula is C14H26N2O2. The van der Waals surface area contributed by atoms with E-state index < -0.39 is 0 Å². The van der Waals surface area contributed by atoms with E-state index in [2.05, 4.69) is 6.92 Å². The minimum absolute atomic E-state index is 0.207. The number of piperidine rings is 1. The summed E-state index contributed by atoms with van der Waals surface area (Å²) in [5, 5.41) is 0. The second kappa shape index (κ2) is 6.02. The Morgan fingerprint density at radius 1 is 1.22 bits per heavy atom. The lowest BCUT2D eigenvalue weighted by Gasteiger charge is -2.37. The van der Waals surface area contributed by atoms with Crippen molar-refractivity contribution < 1.29 is 9.53 Å². The number of nitrogens with two attached hydrogens (primary N) is 1. The van der Waals surface area contributed by atoms with Crippen LogP contribution in [0, 0.1) is 11.8 Å². The van der Waals surface area contributed by atoms with Crippen molar-refractivity contribution in [3.63, 3.8) is 0 Å². The zero-order chi connectivity index (χ0) is 13.1. The van der Waals surface area contributed by atoms with Crippen molar-refractivity contribution in [2.24, 2.45) is 17.6 Å². The summed E-state index contributed by atoms with van der Waals surface area (Å²) in [6.45, 7) is 3.88. The molecule has 0 aromatic rings. The SMILES string of the molecule is COC1CCN(C(=O)C2CCC(N)C(C)C2)CC1. The molecule has 1 amide bonds. The maximum atomic E-state index is 12.4. The lowest BCUT2D eigenvalue weighted by Crippen LogP contribution is -2.46. The van der Waals surface area contributed by atoms with E-state index in [1.165, 1.54) is 0 Å². The Bertz CT molecular complexity index is 288. The van der Waals surface area contributed by atoms with Crippen LogP contribution in [0.5, 0.6) is 0 Å². The van der Waals surface area contributed by atoms with Crippen LogP contribution in [0.25, 0.3) is 0 Å². The molecule has 1 aliphatic heterocycles. The van der Waals surface area contributed by atoms with E-state index in [-0.39, 0.29) is 12.0 Å². The molecule has 2 N–H and O–H groups in total. The third-order valence-electron chi connectivity index (χ3n) is 4.67. The molecule has 1 heterocycles. The highest BCUT2D eigenvalue weighted by molar-refractivity contribution is 5.79. The Kier molecular flexibility index (Phi) is 4.62. The molecule has 1 aliphatic carbocycles. The monoisotopic (exact) mass is 254 g/mol. The number of ether oxygens (including phenoxy) is 1. The lowest BCUT2D eigenvalue weighted by molar-refractivity contribution is -0.139. The van der Waals surface area contributed by atoms with Crippen LogP contribution in [0.4, 0.5) is 0 Å². The van der Waals surface area contributed by atoms with Crippen LogP contribution < -0.4 is 5.73 Å². The summed E-state index contributed by atoms with van der Waals surface area (Å²) in [5.74, 6) is 1.03. The summed E-state index contributed by atoms with van der Waals surface area (Å²) >= 11 is 0. The molecule has 2 rings (SSSR count). The molecule has 2 aliphatic rings. The number of hydrogen-bond donors (Lipinski definition) is 1. The lowest BCUT2D eigenvalue weighted by atomic mass is 9.78. The average molecular weight is 254 g/mol. The van der Waals surface area contributed by atoms with E-state index in [1.807, 2.05) is 4.90 Å². The molecule has 0 aromatic heterocycles. The molecule has 2 fully saturated rings. The molecule has 0 radical (unpaired) electrons. The first-order valence-electron chi connectivity index (χ1n) is 7.19. The first-order chi connectivity index (χ1) is 8.61. The van der Waals surface area contributed by atoms with Crippen LogP contribution in [0.3, 0.4) is 0 Å². The average Bonchev–Trinajstić information content (AvgIpc) is 2.41. The summed E-state index contributed by atoms with van der Waals surface area (Å²) in [7, 11) is 1.76. The van der Waals surface area contributed by atoms with Gasteiger partial charge in [-0.05, 0) is 38.0 Å². The molecule has 0 aromatic carbocycles. The minimum atomic E-state index is 0.207. The number of carbonyl (C=O) groups excluding carboxylic acids is 1. The molecule has 4 heteroatoms. The van der Waals surface area contributed by atoms with Gasteiger partial charge in [0, 0.05) is 32.2 Å². The summed E-state index contributed by atoms with van der Waals surface area (Å²) in [5.41, 5.74) is 6.01. The predicted octanol–water partition coefficient (Wildman–Crippen LogP) is 1.39. The first kappa shape index (κ1) is 13.8. The van der Waals surface area contributed by atoms with Gasteiger partial charge in [0.05, 0.1) is 6.10 Å². The highest BCUT2D eigenvalue weighted by Crippen LogP contribution is 2.30. The standard InChI is InChI=1S/C14H26N2O2/c1-10-9-11(3-4-13(10)15)14(17)16-7-5-12(18-2)6-8-16/h10-13H,3-9,15H2,1-2H3. The van der Waals surface area contributed by atoms with Crippen molar-refractivity contribution in [2.45, 2.75) is 51.2 Å². The molecular weight excluding hydrogens is 228 g/mol. The van der Waals surface area contributed by atoms with Gasteiger partial charge in [0.15, 0.2) is 0 Å². The topological polar surface area (TPSA) is 55.6 Å². The zero-order valence-corrected chi connectivity index (χ0v) is 11.6. The molecule has 3 atom stereocenters. The zero-order valence-electron chi connectivity index (χ0n) is 11.6. The van der Waals surface area contributed by atoms with Gasteiger partial charge in [0.2, 0.25) is 5.91 Å². The Morgan fingerprint density at radius 2 is 1.89 bits per heavy atom. The second-order valence-corrected chi connectivity index (χ2v) is 5.91. The second-order valence-electron chi connectivity index (χ2n) is 5.91. The fourth-order valence-corrected chi connectivity index (χ4v) is 3.21. The molecule has 1 saturated carbocycles. The summed E-state index contributed by atoms with van der Waals surface area (Å²) in [6.07, 6.45) is 5.21. The molecule has 0 spiro atoms. The number of carbonyl (C=O) groups is 1. The number of hydrogen-bond acceptors (Lipinski definition) is 3. The third-order valence-corrected chi connectivity index (χ3v) is 4.67. The molecule has 104 valence electrons. The van der Waals surface area contributed by atoms with Gasteiger partial charge in [0.1, 0.15) is 0 Å². The van der Waals surface area contributed by atoms with Crippen LogP contribution in [-0.4, -0.2) is 43.2 Å². The van der Waals surface area contributed by atoms with Gasteiger partial charge in [-0.15, -0.1) is 0 Å². The number of amides is 1. The maximum Gasteiger partial charge on any atom is 0.225 e. The van der Waals surface area contributed by atoms with Crippen LogP contribution >= 0.6 is 0 Å². The Labute approximate surface area is 110 Å². The van der Waals surface area contributed by atoms with E-state index in [9.17, 15) is 4.79 Å². The van der Waals surface area contributed by atoms with Gasteiger partial charge in [0.25, 0.3) is 0 Å². The fourth-order valence-electron chi connectivity index (χ4n) is 3.21. The normalized spacial score (nSPS) is 34.6. The van der Waals surface area contributed by atoms with Gasteiger partial charge in [-0.2, -0.15) is 0 Å². The van der Waals surface area contributed by atoms with E-state index in [0.29, 0.717) is 17.9 Å². The van der Waals surface area contributed by atoms with Crippen molar-refractivity contribution in [2.75, 3.05) is 20.2 Å². The number of methoxy groups -OCH3 is 1. The number of likely N-dealkylation sites (tertiary alicyclic amines) is 1. The van der Waals surface area contributed by atoms with Crippen LogP contribution in [0.15, 0.2) is 0 Å². The highest BCUT2D eigenvalue weighted by atomic mass is 16.5. The van der Waals surface area contributed by atoms with Crippen molar-refractivity contribution >= 4 is 5.91 Å². The summed E-state index contributed by atoms with van der Waals surface area (Å²) < 4.78 is 5.34. The van der Waals surface area contributed by atoms with Crippen LogP contribution in [0.2, 0.25) is 0 Å². The van der Waals surface area contributed by atoms with Crippen molar-refractivity contribution in [1.82, 2.24) is 4.90 Å². The molecule has 0 bridgehead atoms. The first-order valence-corrected chi connectivity index (χ1v) is 7.19.